The van der Waals surface area contributed by atoms with Crippen LogP contribution >= 0.6 is 0 Å². The standard InChI is InChI=1S/C19H31N3O4S/c1-6-22(7-2)27(24,25)17-9-8-14(3)18(10-17)20-19(23)13-21-11-15(4)26-16(5)12-21/h8-10,15-16H,6-7,11-13H2,1-5H3,(H,20,23)/t15-,16-/m0/s1. The Hall–Kier alpha value is -1.48. The number of ether oxygens (including phenoxy) is 1. The van der Waals surface area contributed by atoms with Gasteiger partial charge in [-0.15, -0.1) is 0 Å². The van der Waals surface area contributed by atoms with E-state index in [1.165, 1.54) is 4.31 Å². The predicted octanol–water partition coefficient (Wildman–Crippen LogP) is 2.07. The van der Waals surface area contributed by atoms with E-state index in [1.807, 2.05) is 34.6 Å². The summed E-state index contributed by atoms with van der Waals surface area (Å²) in [7, 11) is -3.56. The van der Waals surface area contributed by atoms with Gasteiger partial charge in [-0.2, -0.15) is 4.31 Å². The second-order valence-corrected chi connectivity index (χ2v) is 9.00. The highest BCUT2D eigenvalue weighted by atomic mass is 32.2. The highest BCUT2D eigenvalue weighted by Gasteiger charge is 2.25. The molecule has 8 heteroatoms. The fraction of sp³-hybridized carbons (Fsp3) is 0.632. The van der Waals surface area contributed by atoms with E-state index < -0.39 is 10.0 Å². The summed E-state index contributed by atoms with van der Waals surface area (Å²) in [5, 5.41) is 2.87. The highest BCUT2D eigenvalue weighted by molar-refractivity contribution is 7.89. The third-order valence-corrected chi connectivity index (χ3v) is 6.73. The number of morpholine rings is 1. The molecule has 0 unspecified atom stereocenters. The molecule has 1 aliphatic rings. The molecule has 0 spiro atoms. The first-order valence-corrected chi connectivity index (χ1v) is 10.9. The van der Waals surface area contributed by atoms with Gasteiger partial charge in [-0.3, -0.25) is 9.69 Å². The Bertz CT molecular complexity index is 752. The summed E-state index contributed by atoms with van der Waals surface area (Å²) in [6.07, 6.45) is 0.177. The molecule has 0 saturated carbocycles. The number of nitrogens with zero attached hydrogens (tertiary/aromatic N) is 2. The fourth-order valence-electron chi connectivity index (χ4n) is 3.42. The van der Waals surface area contributed by atoms with Crippen LogP contribution in [0.1, 0.15) is 33.3 Å². The topological polar surface area (TPSA) is 79.0 Å². The monoisotopic (exact) mass is 397 g/mol. The molecule has 7 nitrogen and oxygen atoms in total. The molecule has 2 rings (SSSR count). The summed E-state index contributed by atoms with van der Waals surface area (Å²) in [6, 6.07) is 4.86. The molecule has 0 radical (unpaired) electrons. The lowest BCUT2D eigenvalue weighted by Gasteiger charge is -2.34. The van der Waals surface area contributed by atoms with Crippen LogP contribution in [0, 0.1) is 6.92 Å². The molecule has 0 aliphatic carbocycles. The summed E-state index contributed by atoms with van der Waals surface area (Å²) in [5.74, 6) is -0.156. The lowest BCUT2D eigenvalue weighted by Crippen LogP contribution is -2.48. The Morgan fingerprint density at radius 3 is 2.37 bits per heavy atom. The van der Waals surface area contributed by atoms with Crippen LogP contribution in [-0.4, -0.2) is 68.5 Å². The molecule has 0 aromatic heterocycles. The van der Waals surface area contributed by atoms with Crippen molar-refractivity contribution < 1.29 is 17.9 Å². The van der Waals surface area contributed by atoms with Crippen LogP contribution < -0.4 is 5.32 Å². The third kappa shape index (κ3) is 5.51. The van der Waals surface area contributed by atoms with Gasteiger partial charge in [0.25, 0.3) is 0 Å². The number of anilines is 1. The van der Waals surface area contributed by atoms with E-state index >= 15 is 0 Å². The highest BCUT2D eigenvalue weighted by Crippen LogP contribution is 2.23. The number of carbonyl (C=O) groups is 1. The number of rotatable bonds is 7. The van der Waals surface area contributed by atoms with Crippen molar-refractivity contribution in [2.45, 2.75) is 51.7 Å². The average Bonchev–Trinajstić information content (AvgIpc) is 2.56. The van der Waals surface area contributed by atoms with Crippen molar-refractivity contribution in [3.05, 3.63) is 23.8 Å². The summed E-state index contributed by atoms with van der Waals surface area (Å²) >= 11 is 0. The van der Waals surface area contributed by atoms with Crippen LogP contribution in [-0.2, 0) is 19.6 Å². The molecule has 1 amide bonds. The van der Waals surface area contributed by atoms with Gasteiger partial charge >= 0.3 is 0 Å². The van der Waals surface area contributed by atoms with Crippen LogP contribution in [0.4, 0.5) is 5.69 Å². The smallest absolute Gasteiger partial charge is 0.243 e. The van der Waals surface area contributed by atoms with Crippen molar-refractivity contribution >= 4 is 21.6 Å². The van der Waals surface area contributed by atoms with E-state index in [2.05, 4.69) is 10.2 Å². The summed E-state index contributed by atoms with van der Waals surface area (Å²) < 4.78 is 32.5. The first-order chi connectivity index (χ1) is 12.7. The quantitative estimate of drug-likeness (QED) is 0.762. The largest absolute Gasteiger partial charge is 0.373 e. The van der Waals surface area contributed by atoms with Crippen LogP contribution in [0.3, 0.4) is 0 Å². The Morgan fingerprint density at radius 1 is 1.22 bits per heavy atom. The van der Waals surface area contributed by atoms with Gasteiger partial charge in [0, 0.05) is 31.9 Å². The van der Waals surface area contributed by atoms with Gasteiger partial charge in [0.05, 0.1) is 23.6 Å². The molecule has 1 aromatic carbocycles. The van der Waals surface area contributed by atoms with Crippen molar-refractivity contribution in [1.29, 1.82) is 0 Å². The van der Waals surface area contributed by atoms with Gasteiger partial charge in [0.1, 0.15) is 0 Å². The van der Waals surface area contributed by atoms with Gasteiger partial charge in [0.15, 0.2) is 0 Å². The number of amides is 1. The van der Waals surface area contributed by atoms with Gasteiger partial charge in [0.2, 0.25) is 15.9 Å². The molecule has 1 fully saturated rings. The lowest BCUT2D eigenvalue weighted by atomic mass is 10.2. The molecule has 1 heterocycles. The number of benzene rings is 1. The number of sulfonamides is 1. The van der Waals surface area contributed by atoms with Gasteiger partial charge in [-0.25, -0.2) is 8.42 Å². The number of hydrogen-bond donors (Lipinski definition) is 1. The third-order valence-electron chi connectivity index (χ3n) is 4.69. The van der Waals surface area contributed by atoms with E-state index in [0.29, 0.717) is 31.9 Å². The minimum Gasteiger partial charge on any atom is -0.373 e. The van der Waals surface area contributed by atoms with Crippen LogP contribution in [0.25, 0.3) is 0 Å². The van der Waals surface area contributed by atoms with Gasteiger partial charge < -0.3 is 10.1 Å². The van der Waals surface area contributed by atoms with E-state index in [1.54, 1.807) is 18.2 Å². The van der Waals surface area contributed by atoms with Crippen molar-refractivity contribution in [2.24, 2.45) is 0 Å². The molecular formula is C19H31N3O4S. The van der Waals surface area contributed by atoms with E-state index in [4.69, 9.17) is 4.74 Å². The van der Waals surface area contributed by atoms with E-state index in [0.717, 1.165) is 5.56 Å². The lowest BCUT2D eigenvalue weighted by molar-refractivity contribution is -0.121. The maximum absolute atomic E-state index is 12.7. The molecule has 27 heavy (non-hydrogen) atoms. The second kappa shape index (κ2) is 9.14. The number of hydrogen-bond acceptors (Lipinski definition) is 5. The van der Waals surface area contributed by atoms with E-state index in [-0.39, 0.29) is 29.6 Å². The fourth-order valence-corrected chi connectivity index (χ4v) is 4.90. The molecule has 152 valence electrons. The minimum atomic E-state index is -3.56. The van der Waals surface area contributed by atoms with Crippen LogP contribution in [0.15, 0.2) is 23.1 Å². The first-order valence-electron chi connectivity index (χ1n) is 9.45. The maximum Gasteiger partial charge on any atom is 0.243 e. The Balaban J connectivity index is 2.13. The van der Waals surface area contributed by atoms with Gasteiger partial charge in [-0.1, -0.05) is 19.9 Å². The van der Waals surface area contributed by atoms with Gasteiger partial charge in [-0.05, 0) is 38.5 Å². The van der Waals surface area contributed by atoms with Crippen molar-refractivity contribution in [3.63, 3.8) is 0 Å². The Labute approximate surface area is 162 Å². The zero-order valence-corrected chi connectivity index (χ0v) is 17.7. The molecule has 1 N–H and O–H groups in total. The minimum absolute atomic E-state index is 0.0887. The number of carbonyl (C=O) groups excluding carboxylic acids is 1. The summed E-state index contributed by atoms with van der Waals surface area (Å²) in [5.41, 5.74) is 1.35. The molecule has 1 aliphatic heterocycles. The summed E-state index contributed by atoms with van der Waals surface area (Å²) in [6.45, 7) is 11.9. The number of aryl methyl sites for hydroxylation is 1. The molecule has 1 saturated heterocycles. The van der Waals surface area contributed by atoms with Crippen molar-refractivity contribution in [2.75, 3.05) is 38.0 Å². The molecule has 0 bridgehead atoms. The van der Waals surface area contributed by atoms with Crippen LogP contribution in [0.2, 0.25) is 0 Å². The Kier molecular flexibility index (Phi) is 7.39. The van der Waals surface area contributed by atoms with Crippen LogP contribution in [0.5, 0.6) is 0 Å². The SMILES string of the molecule is CCN(CC)S(=O)(=O)c1ccc(C)c(NC(=O)CN2C[C@H](C)O[C@@H](C)C2)c1. The summed E-state index contributed by atoms with van der Waals surface area (Å²) in [4.78, 5) is 14.8. The molecule has 2 atom stereocenters. The van der Waals surface area contributed by atoms with Crippen molar-refractivity contribution in [1.82, 2.24) is 9.21 Å². The van der Waals surface area contributed by atoms with Crippen molar-refractivity contribution in [3.8, 4) is 0 Å². The van der Waals surface area contributed by atoms with E-state index in [9.17, 15) is 13.2 Å². The number of nitrogens with one attached hydrogen (secondary N) is 1. The zero-order valence-electron chi connectivity index (χ0n) is 16.9. The first kappa shape index (κ1) is 21.8. The zero-order chi connectivity index (χ0) is 20.2. The normalized spacial score (nSPS) is 21.4. The molecule has 1 aromatic rings. The predicted molar refractivity (Wildman–Crippen MR) is 106 cm³/mol. The average molecular weight is 398 g/mol. The molecular weight excluding hydrogens is 366 g/mol. The maximum atomic E-state index is 12.7. The Morgan fingerprint density at radius 2 is 1.81 bits per heavy atom. The second-order valence-electron chi connectivity index (χ2n) is 7.07.